The van der Waals surface area contributed by atoms with Gasteiger partial charge >= 0.3 is 0 Å². The lowest BCUT2D eigenvalue weighted by atomic mass is 10.3. The highest BCUT2D eigenvalue weighted by molar-refractivity contribution is 5.92. The van der Waals surface area contributed by atoms with Crippen LogP contribution in [0.15, 0.2) is 30.6 Å². The zero-order valence-electron chi connectivity index (χ0n) is 9.87. The number of aliphatic hydroxyl groups is 1. The zero-order valence-corrected chi connectivity index (χ0v) is 9.87. The van der Waals surface area contributed by atoms with E-state index in [-0.39, 0.29) is 5.91 Å². The Morgan fingerprint density at radius 2 is 2.35 bits per heavy atom. The average molecular weight is 233 g/mol. The van der Waals surface area contributed by atoms with E-state index in [2.05, 4.69) is 4.98 Å². The SMILES string of the molecule is CC(O)CN(C)C(=O)c1cn2ccccc2n1. The summed E-state index contributed by atoms with van der Waals surface area (Å²) in [5, 5.41) is 9.24. The van der Waals surface area contributed by atoms with Crippen molar-refractivity contribution in [2.75, 3.05) is 13.6 Å². The molecule has 1 atom stereocenters. The number of hydrogen-bond donors (Lipinski definition) is 1. The lowest BCUT2D eigenvalue weighted by Gasteiger charge is -2.17. The molecule has 2 rings (SSSR count). The quantitative estimate of drug-likeness (QED) is 0.852. The summed E-state index contributed by atoms with van der Waals surface area (Å²) in [5.41, 5.74) is 1.13. The van der Waals surface area contributed by atoms with E-state index in [0.717, 1.165) is 5.65 Å². The number of nitrogens with zero attached hydrogens (tertiary/aromatic N) is 3. The summed E-state index contributed by atoms with van der Waals surface area (Å²) in [4.78, 5) is 17.7. The molecule has 5 heteroatoms. The maximum atomic E-state index is 12.0. The monoisotopic (exact) mass is 233 g/mol. The van der Waals surface area contributed by atoms with Crippen molar-refractivity contribution in [1.29, 1.82) is 0 Å². The Kier molecular flexibility index (Phi) is 3.10. The average Bonchev–Trinajstić information content (AvgIpc) is 2.70. The molecule has 2 heterocycles. The molecular formula is C12H15N3O2. The fourth-order valence-corrected chi connectivity index (χ4v) is 1.71. The van der Waals surface area contributed by atoms with Gasteiger partial charge in [-0.25, -0.2) is 4.98 Å². The van der Waals surface area contributed by atoms with Crippen LogP contribution in [0.5, 0.6) is 0 Å². The number of rotatable bonds is 3. The maximum Gasteiger partial charge on any atom is 0.273 e. The van der Waals surface area contributed by atoms with Gasteiger partial charge in [0.05, 0.1) is 6.10 Å². The molecule has 0 bridgehead atoms. The van der Waals surface area contributed by atoms with Crippen LogP contribution in [-0.4, -0.2) is 45.0 Å². The number of carbonyl (C=O) groups is 1. The number of aromatic nitrogens is 2. The van der Waals surface area contributed by atoms with Crippen molar-refractivity contribution in [1.82, 2.24) is 14.3 Å². The fraction of sp³-hybridized carbons (Fsp3) is 0.333. The minimum atomic E-state index is -0.541. The molecule has 2 aromatic rings. The molecule has 1 N–H and O–H groups in total. The summed E-state index contributed by atoms with van der Waals surface area (Å²) in [5.74, 6) is -0.186. The highest BCUT2D eigenvalue weighted by atomic mass is 16.3. The molecule has 0 aliphatic carbocycles. The molecule has 1 unspecified atom stereocenters. The van der Waals surface area contributed by atoms with Crippen LogP contribution in [0.3, 0.4) is 0 Å². The van der Waals surface area contributed by atoms with E-state index in [1.807, 2.05) is 24.4 Å². The van der Waals surface area contributed by atoms with E-state index in [1.54, 1.807) is 24.6 Å². The Morgan fingerprint density at radius 3 is 3.00 bits per heavy atom. The predicted molar refractivity (Wildman–Crippen MR) is 63.8 cm³/mol. The first-order chi connectivity index (χ1) is 8.08. The molecule has 17 heavy (non-hydrogen) atoms. The predicted octanol–water partition coefficient (Wildman–Crippen LogP) is 0.787. The molecule has 0 aromatic carbocycles. The van der Waals surface area contributed by atoms with Gasteiger partial charge in [-0.2, -0.15) is 0 Å². The molecular weight excluding hydrogens is 218 g/mol. The van der Waals surface area contributed by atoms with Crippen molar-refractivity contribution in [2.45, 2.75) is 13.0 Å². The van der Waals surface area contributed by atoms with Gasteiger partial charge in [-0.05, 0) is 19.1 Å². The number of aliphatic hydroxyl groups excluding tert-OH is 1. The second-order valence-electron chi connectivity index (χ2n) is 4.13. The first-order valence-electron chi connectivity index (χ1n) is 5.45. The normalized spacial score (nSPS) is 12.6. The number of pyridine rings is 1. The van der Waals surface area contributed by atoms with Crippen LogP contribution in [0, 0.1) is 0 Å². The van der Waals surface area contributed by atoms with Crippen molar-refractivity contribution in [3.63, 3.8) is 0 Å². The highest BCUT2D eigenvalue weighted by Crippen LogP contribution is 2.07. The van der Waals surface area contributed by atoms with Crippen LogP contribution in [0.1, 0.15) is 17.4 Å². The Balaban J connectivity index is 2.24. The summed E-state index contributed by atoms with van der Waals surface area (Å²) in [6, 6.07) is 5.59. The van der Waals surface area contributed by atoms with Gasteiger partial charge in [-0.3, -0.25) is 4.79 Å². The smallest absolute Gasteiger partial charge is 0.273 e. The first kappa shape index (κ1) is 11.6. The molecule has 0 fully saturated rings. The Morgan fingerprint density at radius 1 is 1.59 bits per heavy atom. The van der Waals surface area contributed by atoms with Crippen LogP contribution in [-0.2, 0) is 0 Å². The van der Waals surface area contributed by atoms with Gasteiger partial charge in [0, 0.05) is 26.0 Å². The number of hydrogen-bond acceptors (Lipinski definition) is 3. The second kappa shape index (κ2) is 4.55. The summed E-state index contributed by atoms with van der Waals surface area (Å²) in [7, 11) is 1.65. The molecule has 0 saturated heterocycles. The molecule has 90 valence electrons. The number of imidazole rings is 1. The Bertz CT molecular complexity index is 500. The standard InChI is InChI=1S/C12H15N3O2/c1-9(16)7-14(2)12(17)10-8-15-6-4-3-5-11(15)13-10/h3-6,8-9,16H,7H2,1-2H3. The largest absolute Gasteiger partial charge is 0.392 e. The number of fused-ring (bicyclic) bond motifs is 1. The summed E-state index contributed by atoms with van der Waals surface area (Å²) in [6.45, 7) is 1.94. The second-order valence-corrected chi connectivity index (χ2v) is 4.13. The van der Waals surface area contributed by atoms with Crippen LogP contribution in [0.25, 0.3) is 5.65 Å². The van der Waals surface area contributed by atoms with Crippen molar-refractivity contribution in [2.24, 2.45) is 0 Å². The third-order valence-corrected chi connectivity index (χ3v) is 2.47. The van der Waals surface area contributed by atoms with Gasteiger partial charge in [-0.15, -0.1) is 0 Å². The van der Waals surface area contributed by atoms with Gasteiger partial charge in [0.2, 0.25) is 0 Å². The van der Waals surface area contributed by atoms with Gasteiger partial charge in [0.1, 0.15) is 11.3 Å². The fourth-order valence-electron chi connectivity index (χ4n) is 1.71. The number of carbonyl (C=O) groups excluding carboxylic acids is 1. The van der Waals surface area contributed by atoms with Crippen LogP contribution in [0.4, 0.5) is 0 Å². The van der Waals surface area contributed by atoms with Crippen molar-refractivity contribution in [3.05, 3.63) is 36.3 Å². The van der Waals surface area contributed by atoms with Crippen molar-refractivity contribution in [3.8, 4) is 0 Å². The maximum absolute atomic E-state index is 12.0. The zero-order chi connectivity index (χ0) is 12.4. The Hall–Kier alpha value is -1.88. The van der Waals surface area contributed by atoms with E-state index in [0.29, 0.717) is 12.2 Å². The third-order valence-electron chi connectivity index (χ3n) is 2.47. The Labute approximate surface area is 99.3 Å². The van der Waals surface area contributed by atoms with E-state index in [9.17, 15) is 9.90 Å². The summed E-state index contributed by atoms with van der Waals surface area (Å²) < 4.78 is 1.80. The minimum Gasteiger partial charge on any atom is -0.392 e. The van der Waals surface area contributed by atoms with Crippen molar-refractivity contribution < 1.29 is 9.90 Å². The first-order valence-corrected chi connectivity index (χ1v) is 5.45. The lowest BCUT2D eigenvalue weighted by Crippen LogP contribution is -2.33. The topological polar surface area (TPSA) is 57.8 Å². The molecule has 1 amide bonds. The van der Waals surface area contributed by atoms with Gasteiger partial charge in [0.25, 0.3) is 5.91 Å². The van der Waals surface area contributed by atoms with Crippen LogP contribution < -0.4 is 0 Å². The summed E-state index contributed by atoms with van der Waals surface area (Å²) in [6.07, 6.45) is 2.99. The van der Waals surface area contributed by atoms with Crippen LogP contribution in [0.2, 0.25) is 0 Å². The highest BCUT2D eigenvalue weighted by Gasteiger charge is 2.16. The van der Waals surface area contributed by atoms with Gasteiger partial charge in [0.15, 0.2) is 0 Å². The van der Waals surface area contributed by atoms with E-state index >= 15 is 0 Å². The molecule has 0 radical (unpaired) electrons. The third kappa shape index (κ3) is 2.45. The van der Waals surface area contributed by atoms with E-state index in [1.165, 1.54) is 4.90 Å². The molecule has 5 nitrogen and oxygen atoms in total. The summed E-state index contributed by atoms with van der Waals surface area (Å²) >= 11 is 0. The lowest BCUT2D eigenvalue weighted by molar-refractivity contribution is 0.0699. The minimum absolute atomic E-state index is 0.186. The van der Waals surface area contributed by atoms with E-state index < -0.39 is 6.10 Å². The molecule has 0 saturated carbocycles. The van der Waals surface area contributed by atoms with E-state index in [4.69, 9.17) is 0 Å². The molecule has 0 aliphatic rings. The number of amides is 1. The van der Waals surface area contributed by atoms with Gasteiger partial charge < -0.3 is 14.4 Å². The van der Waals surface area contributed by atoms with Crippen molar-refractivity contribution >= 4 is 11.6 Å². The van der Waals surface area contributed by atoms with Crippen LogP contribution >= 0.6 is 0 Å². The molecule has 0 spiro atoms. The van der Waals surface area contributed by atoms with Gasteiger partial charge in [-0.1, -0.05) is 6.07 Å². The molecule has 2 aromatic heterocycles. The molecule has 0 aliphatic heterocycles. The number of likely N-dealkylation sites (N-methyl/N-ethyl adjacent to an activating group) is 1.